The van der Waals surface area contributed by atoms with Crippen LogP contribution in [0.5, 0.6) is 5.88 Å². The van der Waals surface area contributed by atoms with E-state index in [1.807, 2.05) is 0 Å². The quantitative estimate of drug-likeness (QED) is 0.875. The fourth-order valence-electron chi connectivity index (χ4n) is 1.40. The van der Waals surface area contributed by atoms with Crippen molar-refractivity contribution < 1.29 is 13.5 Å². The van der Waals surface area contributed by atoms with E-state index in [9.17, 15) is 8.78 Å². The van der Waals surface area contributed by atoms with E-state index in [-0.39, 0.29) is 23.1 Å². The molecule has 1 aromatic carbocycles. The maximum Gasteiger partial charge on any atom is 0.242 e. The zero-order chi connectivity index (χ0) is 13.1. The summed E-state index contributed by atoms with van der Waals surface area (Å²) in [5, 5.41) is 2.69. The maximum absolute atomic E-state index is 13.0. The molecule has 94 valence electrons. The van der Waals surface area contributed by atoms with E-state index in [1.165, 1.54) is 13.4 Å². The summed E-state index contributed by atoms with van der Waals surface area (Å²) in [5.74, 6) is -0.995. The fraction of sp³-hybridized carbons (Fsp3) is 0.0909. The molecule has 0 amide bonds. The van der Waals surface area contributed by atoms with Gasteiger partial charge in [-0.25, -0.2) is 13.8 Å². The van der Waals surface area contributed by atoms with Gasteiger partial charge in [0.2, 0.25) is 5.88 Å². The van der Waals surface area contributed by atoms with Gasteiger partial charge in [-0.05, 0) is 12.1 Å². The van der Waals surface area contributed by atoms with Crippen LogP contribution in [0.2, 0.25) is 0 Å². The predicted molar refractivity (Wildman–Crippen MR) is 62.6 cm³/mol. The van der Waals surface area contributed by atoms with Gasteiger partial charge in [0, 0.05) is 11.8 Å². The van der Waals surface area contributed by atoms with Crippen molar-refractivity contribution in [1.82, 2.24) is 9.97 Å². The van der Waals surface area contributed by atoms with Crippen molar-refractivity contribution in [2.24, 2.45) is 0 Å². The molecular formula is C11H10F2N4O. The van der Waals surface area contributed by atoms with Crippen LogP contribution in [0.1, 0.15) is 0 Å². The van der Waals surface area contributed by atoms with Gasteiger partial charge in [-0.1, -0.05) is 0 Å². The number of halogens is 2. The number of anilines is 3. The highest BCUT2D eigenvalue weighted by atomic mass is 19.1. The van der Waals surface area contributed by atoms with Crippen LogP contribution in [0.3, 0.4) is 0 Å². The molecule has 1 aromatic heterocycles. The SMILES string of the molecule is COc1ncnc(Nc2cc(F)cc(F)c2)c1N. The average Bonchev–Trinajstić information content (AvgIpc) is 2.30. The smallest absolute Gasteiger partial charge is 0.242 e. The number of ether oxygens (including phenoxy) is 1. The number of aromatic nitrogens is 2. The topological polar surface area (TPSA) is 73.1 Å². The second kappa shape index (κ2) is 4.82. The van der Waals surface area contributed by atoms with E-state index < -0.39 is 11.6 Å². The van der Waals surface area contributed by atoms with Crippen LogP contribution in [0.25, 0.3) is 0 Å². The summed E-state index contributed by atoms with van der Waals surface area (Å²) in [5.41, 5.74) is 6.07. The van der Waals surface area contributed by atoms with Crippen molar-refractivity contribution >= 4 is 17.2 Å². The molecule has 18 heavy (non-hydrogen) atoms. The molecule has 0 fully saturated rings. The van der Waals surface area contributed by atoms with Crippen LogP contribution in [0.4, 0.5) is 26.0 Å². The fourth-order valence-corrected chi connectivity index (χ4v) is 1.40. The summed E-state index contributed by atoms with van der Waals surface area (Å²) in [6.45, 7) is 0. The number of hydrogen-bond donors (Lipinski definition) is 2. The number of methoxy groups -OCH3 is 1. The Kier molecular flexibility index (Phi) is 3.22. The molecule has 0 bridgehead atoms. The average molecular weight is 252 g/mol. The highest BCUT2D eigenvalue weighted by Crippen LogP contribution is 2.27. The van der Waals surface area contributed by atoms with Gasteiger partial charge >= 0.3 is 0 Å². The number of rotatable bonds is 3. The summed E-state index contributed by atoms with van der Waals surface area (Å²) >= 11 is 0. The van der Waals surface area contributed by atoms with E-state index in [1.54, 1.807) is 0 Å². The van der Waals surface area contributed by atoms with Crippen LogP contribution in [-0.4, -0.2) is 17.1 Å². The molecule has 2 aromatic rings. The van der Waals surface area contributed by atoms with Crippen molar-refractivity contribution in [2.45, 2.75) is 0 Å². The van der Waals surface area contributed by atoms with Gasteiger partial charge in [0.25, 0.3) is 0 Å². The molecule has 0 saturated carbocycles. The Morgan fingerprint density at radius 2 is 1.83 bits per heavy atom. The Morgan fingerprint density at radius 1 is 1.17 bits per heavy atom. The van der Waals surface area contributed by atoms with Gasteiger partial charge in [0.05, 0.1) is 7.11 Å². The number of nitrogens with two attached hydrogens (primary N) is 1. The van der Waals surface area contributed by atoms with Gasteiger partial charge in [-0.2, -0.15) is 4.98 Å². The standard InChI is InChI=1S/C11H10F2N4O/c1-18-11-9(14)10(15-5-16-11)17-8-3-6(12)2-7(13)4-8/h2-5H,14H2,1H3,(H,15,16,17). The lowest BCUT2D eigenvalue weighted by molar-refractivity contribution is 0.399. The summed E-state index contributed by atoms with van der Waals surface area (Å²) in [4.78, 5) is 7.66. The minimum Gasteiger partial charge on any atom is -0.479 e. The summed E-state index contributed by atoms with van der Waals surface area (Å²) < 4.78 is 30.9. The molecule has 0 radical (unpaired) electrons. The molecule has 0 aliphatic rings. The minimum absolute atomic E-state index is 0.157. The van der Waals surface area contributed by atoms with Gasteiger partial charge in [-0.3, -0.25) is 0 Å². The monoisotopic (exact) mass is 252 g/mol. The molecule has 5 nitrogen and oxygen atoms in total. The molecule has 1 heterocycles. The number of nitrogens with one attached hydrogen (secondary N) is 1. The van der Waals surface area contributed by atoms with Crippen LogP contribution in [0, 0.1) is 11.6 Å². The third kappa shape index (κ3) is 2.45. The van der Waals surface area contributed by atoms with E-state index in [0.717, 1.165) is 18.2 Å². The minimum atomic E-state index is -0.697. The highest BCUT2D eigenvalue weighted by molar-refractivity contribution is 5.72. The molecule has 3 N–H and O–H groups in total. The molecule has 0 aliphatic carbocycles. The molecule has 2 rings (SSSR count). The van der Waals surface area contributed by atoms with Crippen molar-refractivity contribution in [2.75, 3.05) is 18.2 Å². The molecule has 0 aliphatic heterocycles. The third-order valence-corrected chi connectivity index (χ3v) is 2.17. The Morgan fingerprint density at radius 3 is 2.44 bits per heavy atom. The summed E-state index contributed by atoms with van der Waals surface area (Å²) in [6.07, 6.45) is 1.23. The van der Waals surface area contributed by atoms with E-state index >= 15 is 0 Å². The normalized spacial score (nSPS) is 10.2. The number of nitrogen functional groups attached to an aromatic ring is 1. The first kappa shape index (κ1) is 12.0. The molecule has 7 heteroatoms. The Balaban J connectivity index is 2.34. The van der Waals surface area contributed by atoms with Crippen molar-refractivity contribution in [3.05, 3.63) is 36.2 Å². The number of nitrogens with zero attached hydrogens (tertiary/aromatic N) is 2. The van der Waals surface area contributed by atoms with Gasteiger partial charge < -0.3 is 15.8 Å². The second-order valence-corrected chi connectivity index (χ2v) is 3.43. The van der Waals surface area contributed by atoms with Gasteiger partial charge in [-0.15, -0.1) is 0 Å². The first-order valence-electron chi connectivity index (χ1n) is 4.97. The summed E-state index contributed by atoms with van der Waals surface area (Å²) in [7, 11) is 1.41. The van der Waals surface area contributed by atoms with Gasteiger partial charge in [0.1, 0.15) is 23.6 Å². The van der Waals surface area contributed by atoms with Gasteiger partial charge in [0.15, 0.2) is 5.82 Å². The van der Waals surface area contributed by atoms with Crippen molar-refractivity contribution in [3.8, 4) is 5.88 Å². The lowest BCUT2D eigenvalue weighted by atomic mass is 10.3. The number of benzene rings is 1. The Bertz CT molecular complexity index is 557. The third-order valence-electron chi connectivity index (χ3n) is 2.17. The maximum atomic E-state index is 13.0. The van der Waals surface area contributed by atoms with Crippen molar-refractivity contribution in [1.29, 1.82) is 0 Å². The zero-order valence-corrected chi connectivity index (χ0v) is 9.45. The first-order chi connectivity index (χ1) is 8.60. The second-order valence-electron chi connectivity index (χ2n) is 3.43. The van der Waals surface area contributed by atoms with E-state index in [4.69, 9.17) is 10.5 Å². The van der Waals surface area contributed by atoms with E-state index in [2.05, 4.69) is 15.3 Å². The lowest BCUT2D eigenvalue weighted by Gasteiger charge is -2.10. The van der Waals surface area contributed by atoms with E-state index in [0.29, 0.717) is 0 Å². The first-order valence-corrected chi connectivity index (χ1v) is 4.97. The van der Waals surface area contributed by atoms with Crippen LogP contribution >= 0.6 is 0 Å². The predicted octanol–water partition coefficient (Wildman–Crippen LogP) is 2.09. The summed E-state index contributed by atoms with van der Waals surface area (Å²) in [6, 6.07) is 3.02. The highest BCUT2D eigenvalue weighted by Gasteiger charge is 2.09. The molecular weight excluding hydrogens is 242 g/mol. The molecule has 0 atom stereocenters. The van der Waals surface area contributed by atoms with Crippen LogP contribution in [-0.2, 0) is 0 Å². The molecule has 0 saturated heterocycles. The van der Waals surface area contributed by atoms with Crippen LogP contribution in [0.15, 0.2) is 24.5 Å². The molecule has 0 spiro atoms. The van der Waals surface area contributed by atoms with Crippen LogP contribution < -0.4 is 15.8 Å². The zero-order valence-electron chi connectivity index (χ0n) is 9.45. The largest absolute Gasteiger partial charge is 0.479 e. The molecule has 0 unspecified atom stereocenters. The van der Waals surface area contributed by atoms with Crippen molar-refractivity contribution in [3.63, 3.8) is 0 Å². The number of hydrogen-bond acceptors (Lipinski definition) is 5. The Labute approximate surface area is 102 Å². The lowest BCUT2D eigenvalue weighted by Crippen LogP contribution is -2.03. The Hall–Kier alpha value is -2.44.